The van der Waals surface area contributed by atoms with Gasteiger partial charge in [0.05, 0.1) is 23.0 Å². The van der Waals surface area contributed by atoms with E-state index in [4.69, 9.17) is 4.98 Å². The molecule has 0 bridgehead atoms. The van der Waals surface area contributed by atoms with Gasteiger partial charge in [-0.2, -0.15) is 0 Å². The lowest BCUT2D eigenvalue weighted by molar-refractivity contribution is 0.0939. The van der Waals surface area contributed by atoms with Gasteiger partial charge in [0, 0.05) is 35.9 Å². The van der Waals surface area contributed by atoms with Crippen molar-refractivity contribution in [2.45, 2.75) is 19.9 Å². The van der Waals surface area contributed by atoms with Crippen LogP contribution in [0.3, 0.4) is 0 Å². The minimum atomic E-state index is -0.254. The summed E-state index contributed by atoms with van der Waals surface area (Å²) in [7, 11) is 0. The first-order chi connectivity index (χ1) is 14.6. The molecule has 30 heavy (non-hydrogen) atoms. The smallest absolute Gasteiger partial charge is 0.255 e. The van der Waals surface area contributed by atoms with Gasteiger partial charge < -0.3 is 5.32 Å². The number of aromatic nitrogens is 4. The summed E-state index contributed by atoms with van der Waals surface area (Å²) < 4.78 is 0. The monoisotopic (exact) mass is 395 g/mol. The van der Waals surface area contributed by atoms with Gasteiger partial charge in [-0.05, 0) is 38.1 Å². The number of nitrogens with zero attached hydrogens (tertiary/aromatic N) is 4. The zero-order valence-corrected chi connectivity index (χ0v) is 16.8. The summed E-state index contributed by atoms with van der Waals surface area (Å²) in [5.41, 5.74) is 4.61. The highest BCUT2D eigenvalue weighted by molar-refractivity contribution is 6.00. The molecule has 0 fully saturated rings. The lowest BCUT2D eigenvalue weighted by Crippen LogP contribution is -2.28. The Morgan fingerprint density at radius 1 is 0.900 bits per heavy atom. The fourth-order valence-corrected chi connectivity index (χ4v) is 3.10. The molecule has 1 N–H and O–H groups in total. The topological polar surface area (TPSA) is 80.7 Å². The maximum atomic E-state index is 13.1. The van der Waals surface area contributed by atoms with Crippen molar-refractivity contribution in [3.05, 3.63) is 96.2 Å². The summed E-state index contributed by atoms with van der Waals surface area (Å²) in [4.78, 5) is 30.7. The molecule has 0 spiro atoms. The van der Waals surface area contributed by atoms with Crippen molar-refractivity contribution in [2.75, 3.05) is 0 Å². The van der Waals surface area contributed by atoms with Crippen molar-refractivity contribution in [3.63, 3.8) is 0 Å². The predicted molar refractivity (Wildman–Crippen MR) is 116 cm³/mol. The molecule has 3 aromatic heterocycles. The largest absolute Gasteiger partial charge is 0.344 e. The van der Waals surface area contributed by atoms with E-state index in [9.17, 15) is 4.79 Å². The first kappa shape index (κ1) is 19.4. The van der Waals surface area contributed by atoms with Gasteiger partial charge in [-0.1, -0.05) is 35.9 Å². The fourth-order valence-electron chi connectivity index (χ4n) is 3.10. The summed E-state index contributed by atoms with van der Waals surface area (Å²) >= 11 is 0. The van der Waals surface area contributed by atoms with E-state index in [0.29, 0.717) is 17.1 Å². The van der Waals surface area contributed by atoms with E-state index in [1.165, 1.54) is 0 Å². The van der Waals surface area contributed by atoms with Crippen LogP contribution in [0.4, 0.5) is 0 Å². The molecule has 6 heteroatoms. The first-order valence-electron chi connectivity index (χ1n) is 9.68. The first-order valence-corrected chi connectivity index (χ1v) is 9.68. The maximum absolute atomic E-state index is 13.1. The molecule has 0 radical (unpaired) electrons. The average Bonchev–Trinajstić information content (AvgIpc) is 2.80. The van der Waals surface area contributed by atoms with Gasteiger partial charge in [-0.15, -0.1) is 0 Å². The van der Waals surface area contributed by atoms with Crippen LogP contribution in [0.1, 0.15) is 34.6 Å². The number of carbonyl (C=O) groups is 1. The summed E-state index contributed by atoms with van der Waals surface area (Å²) in [5, 5.41) is 2.99. The number of hydrogen-bond acceptors (Lipinski definition) is 5. The van der Waals surface area contributed by atoms with Gasteiger partial charge in [-0.25, -0.2) is 9.97 Å². The van der Waals surface area contributed by atoms with Crippen molar-refractivity contribution in [2.24, 2.45) is 0 Å². The minimum absolute atomic E-state index is 0.249. The molecular formula is C24H21N5O. The molecule has 4 aromatic rings. The lowest BCUT2D eigenvalue weighted by atomic mass is 10.1. The lowest BCUT2D eigenvalue weighted by Gasteiger charge is -2.15. The van der Waals surface area contributed by atoms with E-state index in [1.807, 2.05) is 68.4 Å². The van der Waals surface area contributed by atoms with E-state index in [-0.39, 0.29) is 11.9 Å². The van der Waals surface area contributed by atoms with E-state index in [0.717, 1.165) is 22.4 Å². The third-order valence-electron chi connectivity index (χ3n) is 4.78. The molecule has 1 amide bonds. The Morgan fingerprint density at radius 2 is 1.67 bits per heavy atom. The Labute approximate surface area is 175 Å². The van der Waals surface area contributed by atoms with Crippen molar-refractivity contribution in [1.82, 2.24) is 25.3 Å². The number of carbonyl (C=O) groups excluding carboxylic acids is 1. The van der Waals surface area contributed by atoms with Crippen LogP contribution in [0.5, 0.6) is 0 Å². The maximum Gasteiger partial charge on any atom is 0.255 e. The molecular weight excluding hydrogens is 374 g/mol. The highest BCUT2D eigenvalue weighted by Gasteiger charge is 2.19. The highest BCUT2D eigenvalue weighted by Crippen LogP contribution is 2.25. The van der Waals surface area contributed by atoms with E-state index < -0.39 is 0 Å². The molecule has 4 rings (SSSR count). The second-order valence-electron chi connectivity index (χ2n) is 7.01. The minimum Gasteiger partial charge on any atom is -0.344 e. The number of amides is 1. The van der Waals surface area contributed by atoms with Crippen molar-refractivity contribution in [3.8, 4) is 22.6 Å². The van der Waals surface area contributed by atoms with Crippen LogP contribution in [-0.4, -0.2) is 25.8 Å². The third kappa shape index (κ3) is 4.22. The van der Waals surface area contributed by atoms with Gasteiger partial charge >= 0.3 is 0 Å². The Hall–Kier alpha value is -3.93. The Balaban J connectivity index is 1.71. The fraction of sp³-hybridized carbons (Fsp3) is 0.125. The number of benzene rings is 1. The van der Waals surface area contributed by atoms with Crippen LogP contribution >= 0.6 is 0 Å². The van der Waals surface area contributed by atoms with E-state index in [1.54, 1.807) is 24.8 Å². The molecule has 1 aromatic carbocycles. The normalized spacial score (nSPS) is 11.7. The number of pyridine rings is 2. The van der Waals surface area contributed by atoms with Gasteiger partial charge in [0.15, 0.2) is 5.82 Å². The van der Waals surface area contributed by atoms with Crippen LogP contribution in [0, 0.1) is 6.92 Å². The van der Waals surface area contributed by atoms with E-state index in [2.05, 4.69) is 20.3 Å². The zero-order chi connectivity index (χ0) is 20.9. The van der Waals surface area contributed by atoms with Crippen LogP contribution in [0.15, 0.2) is 79.4 Å². The van der Waals surface area contributed by atoms with Gasteiger partial charge in [-0.3, -0.25) is 14.8 Å². The highest BCUT2D eigenvalue weighted by atomic mass is 16.1. The molecule has 0 saturated carbocycles. The molecule has 148 valence electrons. The second-order valence-corrected chi connectivity index (χ2v) is 7.01. The SMILES string of the molecule is Cc1ccc(-c2ncc(C(=O)NC(C)c3ccccn3)c(-c3ccncc3)n2)cc1. The molecule has 0 aliphatic heterocycles. The third-order valence-corrected chi connectivity index (χ3v) is 4.78. The quantitative estimate of drug-likeness (QED) is 0.542. The standard InChI is InChI=1S/C24H21N5O/c1-16-6-8-19(9-7-16)23-27-15-20(22(29-23)18-10-13-25-14-11-18)24(30)28-17(2)21-5-3-4-12-26-21/h3-15,17H,1-2H3,(H,28,30). The summed E-state index contributed by atoms with van der Waals surface area (Å²) in [6.07, 6.45) is 6.65. The summed E-state index contributed by atoms with van der Waals surface area (Å²) in [6, 6.07) is 17.0. The van der Waals surface area contributed by atoms with Crippen molar-refractivity contribution < 1.29 is 4.79 Å². The van der Waals surface area contributed by atoms with E-state index >= 15 is 0 Å². The van der Waals surface area contributed by atoms with Crippen LogP contribution in [-0.2, 0) is 0 Å². The summed E-state index contributed by atoms with van der Waals surface area (Å²) in [5.74, 6) is 0.312. The van der Waals surface area contributed by atoms with Crippen LogP contribution in [0.2, 0.25) is 0 Å². The van der Waals surface area contributed by atoms with Gasteiger partial charge in [0.25, 0.3) is 5.91 Å². The molecule has 1 unspecified atom stereocenters. The van der Waals surface area contributed by atoms with Crippen LogP contribution < -0.4 is 5.32 Å². The molecule has 1 atom stereocenters. The second kappa shape index (κ2) is 8.61. The summed E-state index contributed by atoms with van der Waals surface area (Å²) in [6.45, 7) is 3.93. The van der Waals surface area contributed by atoms with Crippen LogP contribution in [0.25, 0.3) is 22.6 Å². The number of aryl methyl sites for hydroxylation is 1. The average molecular weight is 395 g/mol. The number of hydrogen-bond donors (Lipinski definition) is 1. The molecule has 0 aliphatic carbocycles. The van der Waals surface area contributed by atoms with Crippen molar-refractivity contribution >= 4 is 5.91 Å². The molecule has 6 nitrogen and oxygen atoms in total. The molecule has 0 aliphatic rings. The van der Waals surface area contributed by atoms with Gasteiger partial charge in [0.2, 0.25) is 0 Å². The number of rotatable bonds is 5. The Kier molecular flexibility index (Phi) is 5.57. The predicted octanol–water partition coefficient (Wildman–Crippen LogP) is 4.40. The Morgan fingerprint density at radius 3 is 2.37 bits per heavy atom. The van der Waals surface area contributed by atoms with Gasteiger partial charge in [0.1, 0.15) is 0 Å². The Bertz CT molecular complexity index is 1150. The molecule has 0 saturated heterocycles. The zero-order valence-electron chi connectivity index (χ0n) is 16.8. The molecule has 3 heterocycles. The number of nitrogens with one attached hydrogen (secondary N) is 1. The van der Waals surface area contributed by atoms with Crippen molar-refractivity contribution in [1.29, 1.82) is 0 Å².